The van der Waals surface area contributed by atoms with E-state index in [4.69, 9.17) is 9.97 Å². The van der Waals surface area contributed by atoms with Crippen LogP contribution in [0.15, 0.2) is 182 Å². The van der Waals surface area contributed by atoms with Crippen molar-refractivity contribution in [2.24, 2.45) is 0 Å². The molecule has 0 saturated carbocycles. The van der Waals surface area contributed by atoms with Gasteiger partial charge in [-0.05, 0) is 101 Å². The van der Waals surface area contributed by atoms with E-state index in [0.717, 1.165) is 33.5 Å². The highest BCUT2D eigenvalue weighted by atomic mass is 14.9. The fraction of sp³-hybridized carbons (Fsp3) is 0.0566. The number of hydrogen-bond donors (Lipinski definition) is 0. The Morgan fingerprint density at radius 1 is 0.345 bits per heavy atom. The maximum absolute atomic E-state index is 5.41. The molecule has 0 bridgehead atoms. The first-order valence-electron chi connectivity index (χ1n) is 19.1. The van der Waals surface area contributed by atoms with Gasteiger partial charge in [0, 0.05) is 22.1 Å². The average molecular weight is 701 g/mol. The molecule has 1 aliphatic rings. The van der Waals surface area contributed by atoms with Crippen LogP contribution in [0.3, 0.4) is 0 Å². The fourth-order valence-electron chi connectivity index (χ4n) is 9.26. The van der Waals surface area contributed by atoms with E-state index in [1.54, 1.807) is 0 Å². The van der Waals surface area contributed by atoms with E-state index < -0.39 is 0 Å². The average Bonchev–Trinajstić information content (AvgIpc) is 3.48. The van der Waals surface area contributed by atoms with Gasteiger partial charge in [0.25, 0.3) is 0 Å². The lowest BCUT2D eigenvalue weighted by molar-refractivity contribution is 0.666. The van der Waals surface area contributed by atoms with Crippen LogP contribution < -0.4 is 0 Å². The molecule has 0 amide bonds. The standard InChI is InChI=1S/C53H36N2/c1-53(2)48-29-25-36(30-46(48)44-26-24-33-14-6-9-19-39(33)51(44)53)38-27-28-45(42-22-12-10-21-41(38)42)52-54-49(34-15-4-3-5-16-34)32-50(55-52)47-31-35-17-7-8-18-37(35)40-20-11-13-23-43(40)47/h3-32H,1-2H3. The Labute approximate surface area is 320 Å². The molecule has 0 radical (unpaired) electrons. The lowest BCUT2D eigenvalue weighted by Crippen LogP contribution is -2.15. The highest BCUT2D eigenvalue weighted by Gasteiger charge is 2.37. The first kappa shape index (κ1) is 31.6. The summed E-state index contributed by atoms with van der Waals surface area (Å²) in [6.07, 6.45) is 0. The summed E-state index contributed by atoms with van der Waals surface area (Å²) in [6, 6.07) is 65.9. The lowest BCUT2D eigenvalue weighted by Gasteiger charge is -2.23. The van der Waals surface area contributed by atoms with Gasteiger partial charge in [0.1, 0.15) is 0 Å². The first-order valence-corrected chi connectivity index (χ1v) is 19.1. The van der Waals surface area contributed by atoms with Crippen molar-refractivity contribution in [3.05, 3.63) is 193 Å². The highest BCUT2D eigenvalue weighted by Crippen LogP contribution is 2.52. The number of benzene rings is 9. The SMILES string of the molecule is CC1(C)c2ccc(-c3ccc(-c4nc(-c5ccccc5)cc(-c5cc6ccccc6c6ccccc56)n4)c4ccccc34)cc2-c2ccc3ccccc3c21. The normalized spacial score (nSPS) is 13.1. The molecular formula is C53H36N2. The third-order valence-electron chi connectivity index (χ3n) is 11.9. The van der Waals surface area contributed by atoms with E-state index in [1.165, 1.54) is 71.1 Å². The zero-order chi connectivity index (χ0) is 36.7. The Morgan fingerprint density at radius 2 is 0.927 bits per heavy atom. The smallest absolute Gasteiger partial charge is 0.161 e. The predicted octanol–water partition coefficient (Wildman–Crippen LogP) is 14.1. The molecule has 9 aromatic carbocycles. The molecule has 0 unspecified atom stereocenters. The van der Waals surface area contributed by atoms with Crippen LogP contribution in [0.1, 0.15) is 25.0 Å². The molecule has 2 heteroatoms. The number of nitrogens with zero attached hydrogens (tertiary/aromatic N) is 2. The van der Waals surface area contributed by atoms with Crippen molar-refractivity contribution in [2.45, 2.75) is 19.3 Å². The van der Waals surface area contributed by atoms with Gasteiger partial charge in [-0.3, -0.25) is 0 Å². The van der Waals surface area contributed by atoms with Crippen LogP contribution in [-0.4, -0.2) is 9.97 Å². The molecule has 55 heavy (non-hydrogen) atoms. The number of hydrogen-bond acceptors (Lipinski definition) is 2. The molecular weight excluding hydrogens is 665 g/mol. The van der Waals surface area contributed by atoms with E-state index in [1.807, 2.05) is 0 Å². The first-order chi connectivity index (χ1) is 27.0. The summed E-state index contributed by atoms with van der Waals surface area (Å²) < 4.78 is 0. The largest absolute Gasteiger partial charge is 0.228 e. The summed E-state index contributed by atoms with van der Waals surface area (Å²) in [5, 5.41) is 9.79. The van der Waals surface area contributed by atoms with E-state index >= 15 is 0 Å². The van der Waals surface area contributed by atoms with Gasteiger partial charge < -0.3 is 0 Å². The topological polar surface area (TPSA) is 25.8 Å². The molecule has 0 saturated heterocycles. The van der Waals surface area contributed by atoms with Crippen molar-refractivity contribution in [2.75, 3.05) is 0 Å². The summed E-state index contributed by atoms with van der Waals surface area (Å²) in [5.41, 5.74) is 12.8. The zero-order valence-electron chi connectivity index (χ0n) is 30.7. The summed E-state index contributed by atoms with van der Waals surface area (Å²) in [6.45, 7) is 4.74. The molecule has 0 spiro atoms. The third kappa shape index (κ3) is 4.88. The molecule has 258 valence electrons. The van der Waals surface area contributed by atoms with E-state index in [-0.39, 0.29) is 5.41 Å². The van der Waals surface area contributed by atoms with E-state index in [9.17, 15) is 0 Å². The second-order valence-electron chi connectivity index (χ2n) is 15.3. The fourth-order valence-corrected chi connectivity index (χ4v) is 9.26. The second-order valence-corrected chi connectivity index (χ2v) is 15.3. The molecule has 0 atom stereocenters. The molecule has 2 nitrogen and oxygen atoms in total. The number of rotatable bonds is 4. The van der Waals surface area contributed by atoms with Gasteiger partial charge in [0.15, 0.2) is 5.82 Å². The van der Waals surface area contributed by atoms with Gasteiger partial charge >= 0.3 is 0 Å². The maximum atomic E-state index is 5.41. The van der Waals surface area contributed by atoms with Gasteiger partial charge in [-0.1, -0.05) is 172 Å². The van der Waals surface area contributed by atoms with Crippen molar-refractivity contribution in [1.82, 2.24) is 9.97 Å². The van der Waals surface area contributed by atoms with E-state index in [0.29, 0.717) is 5.82 Å². The molecule has 0 N–H and O–H groups in total. The van der Waals surface area contributed by atoms with Gasteiger partial charge in [-0.2, -0.15) is 0 Å². The van der Waals surface area contributed by atoms with Crippen molar-refractivity contribution in [3.8, 4) is 56.2 Å². The van der Waals surface area contributed by atoms with E-state index in [2.05, 4.69) is 196 Å². The van der Waals surface area contributed by atoms with Crippen LogP contribution in [-0.2, 0) is 5.41 Å². The van der Waals surface area contributed by atoms with Gasteiger partial charge in [-0.25, -0.2) is 9.97 Å². The summed E-state index contributed by atoms with van der Waals surface area (Å²) in [4.78, 5) is 10.7. The Morgan fingerprint density at radius 3 is 1.71 bits per heavy atom. The van der Waals surface area contributed by atoms with Crippen LogP contribution in [0, 0.1) is 0 Å². The highest BCUT2D eigenvalue weighted by molar-refractivity contribution is 6.14. The molecule has 1 aromatic heterocycles. The van der Waals surface area contributed by atoms with Crippen LogP contribution in [0.25, 0.3) is 99.2 Å². The Bertz CT molecular complexity index is 3170. The van der Waals surface area contributed by atoms with Crippen molar-refractivity contribution in [1.29, 1.82) is 0 Å². The zero-order valence-corrected chi connectivity index (χ0v) is 30.7. The lowest BCUT2D eigenvalue weighted by atomic mass is 9.80. The minimum absolute atomic E-state index is 0.0921. The minimum Gasteiger partial charge on any atom is -0.228 e. The summed E-state index contributed by atoms with van der Waals surface area (Å²) in [7, 11) is 0. The van der Waals surface area contributed by atoms with Gasteiger partial charge in [-0.15, -0.1) is 0 Å². The molecule has 10 aromatic rings. The van der Waals surface area contributed by atoms with Gasteiger partial charge in [0.05, 0.1) is 11.4 Å². The van der Waals surface area contributed by atoms with Crippen molar-refractivity contribution >= 4 is 43.1 Å². The van der Waals surface area contributed by atoms with Gasteiger partial charge in [0.2, 0.25) is 0 Å². The summed E-state index contributed by atoms with van der Waals surface area (Å²) in [5.74, 6) is 0.716. The maximum Gasteiger partial charge on any atom is 0.161 e. The predicted molar refractivity (Wildman–Crippen MR) is 231 cm³/mol. The Hall–Kier alpha value is -6.90. The number of aromatic nitrogens is 2. The third-order valence-corrected chi connectivity index (χ3v) is 11.9. The molecule has 1 aliphatic carbocycles. The number of fused-ring (bicyclic) bond motifs is 9. The molecule has 0 aliphatic heterocycles. The second kappa shape index (κ2) is 12.1. The monoisotopic (exact) mass is 700 g/mol. The Balaban J connectivity index is 1.11. The van der Waals surface area contributed by atoms with Crippen LogP contribution in [0.4, 0.5) is 0 Å². The molecule has 11 rings (SSSR count). The minimum atomic E-state index is -0.0921. The van der Waals surface area contributed by atoms with Crippen LogP contribution in [0.2, 0.25) is 0 Å². The van der Waals surface area contributed by atoms with Crippen molar-refractivity contribution in [3.63, 3.8) is 0 Å². The summed E-state index contributed by atoms with van der Waals surface area (Å²) >= 11 is 0. The molecule has 1 heterocycles. The van der Waals surface area contributed by atoms with Crippen LogP contribution in [0.5, 0.6) is 0 Å². The Kier molecular flexibility index (Phi) is 6.93. The quantitative estimate of drug-likeness (QED) is 0.171. The van der Waals surface area contributed by atoms with Crippen molar-refractivity contribution < 1.29 is 0 Å². The van der Waals surface area contributed by atoms with Crippen LogP contribution >= 0.6 is 0 Å². The molecule has 0 fully saturated rings.